The van der Waals surface area contributed by atoms with Gasteiger partial charge in [0.1, 0.15) is 12.3 Å². The van der Waals surface area contributed by atoms with E-state index in [1.165, 1.54) is 35.5 Å². The quantitative estimate of drug-likeness (QED) is 0.510. The summed E-state index contributed by atoms with van der Waals surface area (Å²) in [5.41, 5.74) is 1.41. The Morgan fingerprint density at radius 1 is 1.00 bits per heavy atom. The van der Waals surface area contributed by atoms with Gasteiger partial charge < -0.3 is 14.2 Å². The molecular weight excluding hydrogens is 446 g/mol. The Labute approximate surface area is 191 Å². The van der Waals surface area contributed by atoms with Crippen LogP contribution in [0.2, 0.25) is 0 Å². The van der Waals surface area contributed by atoms with Gasteiger partial charge in [-0.15, -0.1) is 0 Å². The average molecular weight is 470 g/mol. The van der Waals surface area contributed by atoms with Crippen molar-refractivity contribution in [2.24, 2.45) is 0 Å². The molecule has 1 amide bonds. The number of esters is 1. The molecule has 3 aromatic rings. The molecule has 0 saturated carbocycles. The van der Waals surface area contributed by atoms with Crippen molar-refractivity contribution in [1.29, 1.82) is 0 Å². The van der Waals surface area contributed by atoms with Gasteiger partial charge in [0, 0.05) is 44.7 Å². The molecular formula is C23H23N3O6S. The van der Waals surface area contributed by atoms with Gasteiger partial charge in [-0.1, -0.05) is 41.6 Å². The zero-order chi connectivity index (χ0) is 23.4. The number of rotatable bonds is 6. The van der Waals surface area contributed by atoms with Crippen LogP contribution < -0.4 is 0 Å². The molecule has 0 atom stereocenters. The second-order valence-electron chi connectivity index (χ2n) is 7.56. The maximum atomic E-state index is 13.0. The van der Waals surface area contributed by atoms with E-state index in [2.05, 4.69) is 5.16 Å². The highest BCUT2D eigenvalue weighted by molar-refractivity contribution is 7.89. The summed E-state index contributed by atoms with van der Waals surface area (Å²) >= 11 is 0. The topological polar surface area (TPSA) is 110 Å². The Hall–Kier alpha value is -3.50. The lowest BCUT2D eigenvalue weighted by atomic mass is 10.2. The molecule has 1 fully saturated rings. The third-order valence-electron chi connectivity index (χ3n) is 5.36. The van der Waals surface area contributed by atoms with Crippen molar-refractivity contribution in [3.8, 4) is 11.3 Å². The SMILES string of the molecule is CC(=O)N1CCN(S(=O)(=O)c2cccc(C(=O)OCc3cc(-c4ccccc4)on3)c2)CC1. The third-order valence-corrected chi connectivity index (χ3v) is 7.25. The zero-order valence-corrected chi connectivity index (χ0v) is 18.8. The number of carbonyl (C=O) groups is 2. The smallest absolute Gasteiger partial charge is 0.338 e. The summed E-state index contributed by atoms with van der Waals surface area (Å²) in [7, 11) is -3.80. The van der Waals surface area contributed by atoms with Gasteiger partial charge in [0.15, 0.2) is 5.76 Å². The molecule has 0 aliphatic carbocycles. The van der Waals surface area contributed by atoms with Crippen LogP contribution in [0, 0.1) is 0 Å². The van der Waals surface area contributed by atoms with Crippen molar-refractivity contribution in [2.75, 3.05) is 26.2 Å². The summed E-state index contributed by atoms with van der Waals surface area (Å²) in [6.45, 7) is 2.41. The lowest BCUT2D eigenvalue weighted by Gasteiger charge is -2.33. The van der Waals surface area contributed by atoms with Crippen molar-refractivity contribution in [3.05, 3.63) is 71.9 Å². The maximum absolute atomic E-state index is 13.0. The van der Waals surface area contributed by atoms with E-state index in [1.807, 2.05) is 30.3 Å². The standard InChI is InChI=1S/C23H23N3O6S/c1-17(27)25-10-12-26(13-11-25)33(29,30)21-9-5-8-19(14-21)23(28)31-16-20-15-22(32-24-20)18-6-3-2-4-7-18/h2-9,14-15H,10-13,16H2,1H3. The Bertz CT molecular complexity index is 1250. The van der Waals surface area contributed by atoms with Crippen LogP contribution in [-0.2, 0) is 26.2 Å². The molecule has 1 aliphatic heterocycles. The van der Waals surface area contributed by atoms with Crippen LogP contribution in [0.1, 0.15) is 23.0 Å². The summed E-state index contributed by atoms with van der Waals surface area (Å²) in [4.78, 5) is 25.6. The van der Waals surface area contributed by atoms with Gasteiger partial charge in [-0.05, 0) is 18.2 Å². The number of nitrogens with zero attached hydrogens (tertiary/aromatic N) is 3. The van der Waals surface area contributed by atoms with E-state index in [0.29, 0.717) is 24.5 Å². The monoisotopic (exact) mass is 469 g/mol. The van der Waals surface area contributed by atoms with Crippen LogP contribution >= 0.6 is 0 Å². The van der Waals surface area contributed by atoms with Crippen LogP contribution in [0.15, 0.2) is 70.1 Å². The predicted molar refractivity (Wildman–Crippen MR) is 119 cm³/mol. The molecule has 172 valence electrons. The summed E-state index contributed by atoms with van der Waals surface area (Å²) in [6, 6.07) is 16.8. The lowest BCUT2D eigenvalue weighted by molar-refractivity contribution is -0.129. The van der Waals surface area contributed by atoms with Crippen LogP contribution in [0.5, 0.6) is 0 Å². The van der Waals surface area contributed by atoms with Crippen LogP contribution in [0.25, 0.3) is 11.3 Å². The number of piperazine rings is 1. The first-order valence-corrected chi connectivity index (χ1v) is 11.8. The number of hydrogen-bond acceptors (Lipinski definition) is 7. The molecule has 1 saturated heterocycles. The number of ether oxygens (including phenoxy) is 1. The predicted octanol–water partition coefficient (Wildman–Crippen LogP) is 2.55. The first kappa shape index (κ1) is 22.7. The number of aromatic nitrogens is 1. The fourth-order valence-corrected chi connectivity index (χ4v) is 4.99. The van der Waals surface area contributed by atoms with E-state index in [9.17, 15) is 18.0 Å². The van der Waals surface area contributed by atoms with Gasteiger partial charge in [0.25, 0.3) is 0 Å². The molecule has 1 aliphatic rings. The summed E-state index contributed by atoms with van der Waals surface area (Å²) < 4.78 is 37.9. The van der Waals surface area contributed by atoms with E-state index >= 15 is 0 Å². The first-order valence-electron chi connectivity index (χ1n) is 10.4. The highest BCUT2D eigenvalue weighted by Gasteiger charge is 2.29. The second-order valence-corrected chi connectivity index (χ2v) is 9.50. The molecule has 2 aromatic carbocycles. The number of benzene rings is 2. The van der Waals surface area contributed by atoms with E-state index < -0.39 is 16.0 Å². The molecule has 4 rings (SSSR count). The molecule has 0 N–H and O–H groups in total. The molecule has 0 radical (unpaired) electrons. The van der Waals surface area contributed by atoms with Gasteiger partial charge >= 0.3 is 5.97 Å². The third kappa shape index (κ3) is 5.12. The minimum Gasteiger partial charge on any atom is -0.455 e. The van der Waals surface area contributed by atoms with E-state index in [0.717, 1.165) is 5.56 Å². The summed E-state index contributed by atoms with van der Waals surface area (Å²) in [6.07, 6.45) is 0. The van der Waals surface area contributed by atoms with Crippen molar-refractivity contribution in [3.63, 3.8) is 0 Å². The second kappa shape index (κ2) is 9.55. The minimum absolute atomic E-state index is 0.000949. The highest BCUT2D eigenvalue weighted by atomic mass is 32.2. The van der Waals surface area contributed by atoms with Crippen molar-refractivity contribution in [1.82, 2.24) is 14.4 Å². The number of sulfonamides is 1. The van der Waals surface area contributed by atoms with Crippen LogP contribution in [0.3, 0.4) is 0 Å². The number of amides is 1. The van der Waals surface area contributed by atoms with Crippen molar-refractivity contribution >= 4 is 21.9 Å². The summed E-state index contributed by atoms with van der Waals surface area (Å²) in [5.74, 6) is -0.197. The fraction of sp³-hybridized carbons (Fsp3) is 0.261. The maximum Gasteiger partial charge on any atom is 0.338 e. The number of hydrogen-bond donors (Lipinski definition) is 0. The Morgan fingerprint density at radius 2 is 1.73 bits per heavy atom. The fourth-order valence-electron chi connectivity index (χ4n) is 3.52. The zero-order valence-electron chi connectivity index (χ0n) is 18.0. The highest BCUT2D eigenvalue weighted by Crippen LogP contribution is 2.22. The van der Waals surface area contributed by atoms with Gasteiger partial charge in [-0.25, -0.2) is 13.2 Å². The Balaban J connectivity index is 1.41. The minimum atomic E-state index is -3.80. The molecule has 1 aromatic heterocycles. The van der Waals surface area contributed by atoms with Crippen LogP contribution in [-0.4, -0.2) is 60.8 Å². The molecule has 33 heavy (non-hydrogen) atoms. The Morgan fingerprint density at radius 3 is 2.42 bits per heavy atom. The van der Waals surface area contributed by atoms with Crippen LogP contribution in [0.4, 0.5) is 0 Å². The summed E-state index contributed by atoms with van der Waals surface area (Å²) in [5, 5.41) is 3.91. The van der Waals surface area contributed by atoms with E-state index in [-0.39, 0.29) is 36.1 Å². The molecule has 2 heterocycles. The largest absolute Gasteiger partial charge is 0.455 e. The number of carbonyl (C=O) groups excluding carboxylic acids is 2. The van der Waals surface area contributed by atoms with Gasteiger partial charge in [-0.3, -0.25) is 4.79 Å². The molecule has 0 bridgehead atoms. The first-order chi connectivity index (χ1) is 15.8. The van der Waals surface area contributed by atoms with E-state index in [4.69, 9.17) is 9.26 Å². The molecule has 0 unspecified atom stereocenters. The molecule has 10 heteroatoms. The Kier molecular flexibility index (Phi) is 6.57. The molecule has 9 nitrogen and oxygen atoms in total. The van der Waals surface area contributed by atoms with Gasteiger partial charge in [0.2, 0.25) is 15.9 Å². The van der Waals surface area contributed by atoms with E-state index in [1.54, 1.807) is 11.0 Å². The average Bonchev–Trinajstić information content (AvgIpc) is 3.32. The molecule has 0 spiro atoms. The van der Waals surface area contributed by atoms with Gasteiger partial charge in [0.05, 0.1) is 10.5 Å². The van der Waals surface area contributed by atoms with Crippen molar-refractivity contribution < 1.29 is 27.3 Å². The van der Waals surface area contributed by atoms with Gasteiger partial charge in [-0.2, -0.15) is 4.31 Å². The van der Waals surface area contributed by atoms with Crippen molar-refractivity contribution in [2.45, 2.75) is 18.4 Å². The lowest BCUT2D eigenvalue weighted by Crippen LogP contribution is -2.49. The normalized spacial score (nSPS) is 14.8.